The van der Waals surface area contributed by atoms with Gasteiger partial charge in [0.2, 0.25) is 0 Å². The van der Waals surface area contributed by atoms with Gasteiger partial charge in [0.25, 0.3) is 23.2 Å². The molecule has 3 rings (SSSR count). The van der Waals surface area contributed by atoms with Crippen molar-refractivity contribution < 1.29 is 24.2 Å². The summed E-state index contributed by atoms with van der Waals surface area (Å²) >= 11 is 0. The second-order valence-electron chi connectivity index (χ2n) is 6.29. The van der Waals surface area contributed by atoms with E-state index in [9.17, 15) is 34.6 Å². The van der Waals surface area contributed by atoms with E-state index in [1.54, 1.807) is 0 Å². The Morgan fingerprint density at radius 1 is 0.933 bits per heavy atom. The number of non-ortho nitro benzene ring substituents is 2. The number of rotatable bonds is 7. The molecule has 1 heterocycles. The van der Waals surface area contributed by atoms with Gasteiger partial charge in [-0.05, 0) is 18.6 Å². The first-order chi connectivity index (χ1) is 14.3. The van der Waals surface area contributed by atoms with Crippen molar-refractivity contribution in [1.29, 1.82) is 0 Å². The van der Waals surface area contributed by atoms with Crippen LogP contribution in [-0.4, -0.2) is 45.7 Å². The Balaban J connectivity index is 1.51. The van der Waals surface area contributed by atoms with E-state index in [-0.39, 0.29) is 47.7 Å². The number of nitrogens with one attached hydrogen (secondary N) is 2. The molecule has 0 aliphatic carbocycles. The summed E-state index contributed by atoms with van der Waals surface area (Å²) in [6.07, 6.45) is 0.246. The van der Waals surface area contributed by atoms with Crippen molar-refractivity contribution >= 4 is 34.9 Å². The quantitative estimate of drug-likeness (QED) is 0.304. The summed E-state index contributed by atoms with van der Waals surface area (Å²) in [7, 11) is 0. The number of urea groups is 1. The molecule has 0 unspecified atom stereocenters. The fourth-order valence-corrected chi connectivity index (χ4v) is 2.91. The second kappa shape index (κ2) is 8.34. The van der Waals surface area contributed by atoms with Crippen LogP contribution in [0.25, 0.3) is 0 Å². The summed E-state index contributed by atoms with van der Waals surface area (Å²) in [4.78, 5) is 57.9. The van der Waals surface area contributed by atoms with Crippen LogP contribution in [0, 0.1) is 20.2 Å². The highest BCUT2D eigenvalue weighted by molar-refractivity contribution is 6.21. The number of nitro groups is 2. The molecule has 2 aromatic carbocycles. The number of nitro benzene ring substituents is 2. The molecule has 0 bridgehead atoms. The summed E-state index contributed by atoms with van der Waals surface area (Å²) in [6, 6.07) is 8.29. The largest absolute Gasteiger partial charge is 0.338 e. The number of amides is 4. The van der Waals surface area contributed by atoms with Gasteiger partial charge in [0.15, 0.2) is 0 Å². The van der Waals surface area contributed by atoms with Crippen LogP contribution in [0.5, 0.6) is 0 Å². The zero-order valence-corrected chi connectivity index (χ0v) is 15.4. The number of nitrogens with zero attached hydrogens (tertiary/aromatic N) is 3. The normalized spacial score (nSPS) is 12.5. The third-order valence-corrected chi connectivity index (χ3v) is 4.32. The molecule has 2 N–H and O–H groups in total. The number of benzene rings is 2. The Labute approximate surface area is 168 Å². The fraction of sp³-hybridized carbons (Fsp3) is 0.167. The number of carbonyl (C=O) groups is 3. The summed E-state index contributed by atoms with van der Waals surface area (Å²) in [5.74, 6) is -1.18. The van der Waals surface area contributed by atoms with E-state index < -0.39 is 27.7 Å². The molecular weight excluding hydrogens is 398 g/mol. The van der Waals surface area contributed by atoms with Gasteiger partial charge in [0.1, 0.15) is 0 Å². The molecule has 2 aromatic rings. The Hall–Kier alpha value is -4.35. The van der Waals surface area contributed by atoms with E-state index in [0.717, 1.165) is 17.0 Å². The van der Waals surface area contributed by atoms with Crippen LogP contribution in [0.15, 0.2) is 42.5 Å². The van der Waals surface area contributed by atoms with Crippen molar-refractivity contribution in [2.75, 3.05) is 18.4 Å². The van der Waals surface area contributed by atoms with Crippen molar-refractivity contribution in [2.24, 2.45) is 0 Å². The molecule has 0 saturated carbocycles. The van der Waals surface area contributed by atoms with Crippen LogP contribution in [0.2, 0.25) is 0 Å². The summed E-state index contributed by atoms with van der Waals surface area (Å²) in [5.41, 5.74) is -0.133. The lowest BCUT2D eigenvalue weighted by Gasteiger charge is -2.14. The molecule has 1 aliphatic rings. The van der Waals surface area contributed by atoms with E-state index in [1.165, 1.54) is 30.3 Å². The van der Waals surface area contributed by atoms with Gasteiger partial charge in [-0.2, -0.15) is 0 Å². The van der Waals surface area contributed by atoms with Gasteiger partial charge >= 0.3 is 6.03 Å². The minimum atomic E-state index is -0.648. The summed E-state index contributed by atoms with van der Waals surface area (Å²) < 4.78 is 0. The Morgan fingerprint density at radius 3 is 2.30 bits per heavy atom. The smallest absolute Gasteiger partial charge is 0.319 e. The first kappa shape index (κ1) is 20.4. The molecule has 12 nitrogen and oxygen atoms in total. The Bertz CT molecular complexity index is 1070. The molecule has 0 spiro atoms. The molecule has 154 valence electrons. The predicted molar refractivity (Wildman–Crippen MR) is 103 cm³/mol. The van der Waals surface area contributed by atoms with Gasteiger partial charge in [-0.1, -0.05) is 6.07 Å². The number of fused-ring (bicyclic) bond motifs is 1. The molecule has 0 fully saturated rings. The molecule has 1 aliphatic heterocycles. The van der Waals surface area contributed by atoms with Crippen molar-refractivity contribution in [2.45, 2.75) is 6.42 Å². The topological polar surface area (TPSA) is 165 Å². The lowest BCUT2D eigenvalue weighted by molar-refractivity contribution is -0.385. The maximum Gasteiger partial charge on any atom is 0.319 e. The summed E-state index contributed by atoms with van der Waals surface area (Å²) in [5, 5.41) is 26.6. The van der Waals surface area contributed by atoms with Gasteiger partial charge in [-0.25, -0.2) is 4.79 Å². The van der Waals surface area contributed by atoms with Gasteiger partial charge in [0.05, 0.1) is 21.0 Å². The monoisotopic (exact) mass is 413 g/mol. The molecule has 0 aromatic heterocycles. The van der Waals surface area contributed by atoms with E-state index in [1.807, 2.05) is 0 Å². The van der Waals surface area contributed by atoms with Crippen molar-refractivity contribution in [3.8, 4) is 0 Å². The number of hydrogen-bond acceptors (Lipinski definition) is 7. The second-order valence-corrected chi connectivity index (χ2v) is 6.29. The average Bonchev–Trinajstić information content (AvgIpc) is 2.95. The lowest BCUT2D eigenvalue weighted by atomic mass is 10.1. The average molecular weight is 413 g/mol. The van der Waals surface area contributed by atoms with E-state index in [2.05, 4.69) is 10.6 Å². The van der Waals surface area contributed by atoms with E-state index in [4.69, 9.17) is 0 Å². The molecule has 12 heteroatoms. The number of imide groups is 1. The fourth-order valence-electron chi connectivity index (χ4n) is 2.91. The molecule has 0 radical (unpaired) electrons. The number of hydrogen-bond donors (Lipinski definition) is 2. The zero-order chi connectivity index (χ0) is 21.8. The highest BCUT2D eigenvalue weighted by atomic mass is 16.6. The molecular formula is C18H15N5O7. The Kier molecular flexibility index (Phi) is 5.67. The van der Waals surface area contributed by atoms with Crippen LogP contribution >= 0.6 is 0 Å². The first-order valence-corrected chi connectivity index (χ1v) is 8.72. The maximum absolute atomic E-state index is 12.4. The number of anilines is 1. The number of carbonyl (C=O) groups excluding carboxylic acids is 3. The van der Waals surface area contributed by atoms with Crippen LogP contribution in [-0.2, 0) is 0 Å². The van der Waals surface area contributed by atoms with E-state index >= 15 is 0 Å². The van der Waals surface area contributed by atoms with Gasteiger partial charge in [0, 0.05) is 43.0 Å². The minimum absolute atomic E-state index is 0.0111. The molecule has 4 amide bonds. The highest BCUT2D eigenvalue weighted by Gasteiger charge is 2.36. The SMILES string of the molecule is O=C(NCCCN1C(=O)c2ccc([N+](=O)[O-])cc2C1=O)Nc1cccc([N+](=O)[O-])c1. The first-order valence-electron chi connectivity index (χ1n) is 8.72. The predicted octanol–water partition coefficient (Wildman–Crippen LogP) is 2.31. The maximum atomic E-state index is 12.4. The Morgan fingerprint density at radius 2 is 1.60 bits per heavy atom. The van der Waals surface area contributed by atoms with Crippen molar-refractivity contribution in [1.82, 2.24) is 10.2 Å². The van der Waals surface area contributed by atoms with Crippen LogP contribution in [0.1, 0.15) is 27.1 Å². The van der Waals surface area contributed by atoms with Gasteiger partial charge in [-0.3, -0.25) is 34.7 Å². The van der Waals surface area contributed by atoms with Gasteiger partial charge < -0.3 is 10.6 Å². The van der Waals surface area contributed by atoms with Crippen molar-refractivity contribution in [3.63, 3.8) is 0 Å². The highest BCUT2D eigenvalue weighted by Crippen LogP contribution is 2.26. The third kappa shape index (κ3) is 4.22. The van der Waals surface area contributed by atoms with E-state index in [0.29, 0.717) is 0 Å². The third-order valence-electron chi connectivity index (χ3n) is 4.32. The molecule has 30 heavy (non-hydrogen) atoms. The zero-order valence-electron chi connectivity index (χ0n) is 15.4. The summed E-state index contributed by atoms with van der Waals surface area (Å²) in [6.45, 7) is 0.131. The minimum Gasteiger partial charge on any atom is -0.338 e. The van der Waals surface area contributed by atoms with Gasteiger partial charge in [-0.15, -0.1) is 0 Å². The van der Waals surface area contributed by atoms with Crippen LogP contribution < -0.4 is 10.6 Å². The molecule has 0 saturated heterocycles. The molecule has 0 atom stereocenters. The standard InChI is InChI=1S/C18H15N5O7/c24-16-14-6-5-13(23(29)30)10-15(14)17(25)21(16)8-2-7-19-18(26)20-11-3-1-4-12(9-11)22(27)28/h1,3-6,9-10H,2,7-8H2,(H2,19,20,26). The van der Waals surface area contributed by atoms with Crippen LogP contribution in [0.4, 0.5) is 21.9 Å². The lowest BCUT2D eigenvalue weighted by Crippen LogP contribution is -2.35. The van der Waals surface area contributed by atoms with Crippen LogP contribution in [0.3, 0.4) is 0 Å². The van der Waals surface area contributed by atoms with Crippen molar-refractivity contribution in [3.05, 3.63) is 73.8 Å².